The molecular formula is C14H13NO6. The lowest BCUT2D eigenvalue weighted by atomic mass is 10.1. The molecule has 0 saturated carbocycles. The minimum atomic E-state index is -1.15. The van der Waals surface area contributed by atoms with Gasteiger partial charge in [0.25, 0.3) is 0 Å². The third-order valence-corrected chi connectivity index (χ3v) is 3.06. The number of fused-ring (bicyclic) bond motifs is 1. The van der Waals surface area contributed by atoms with Crippen molar-refractivity contribution in [1.29, 1.82) is 0 Å². The molecule has 1 aliphatic heterocycles. The SMILES string of the molecule is COCc1ccc(-c2cc(C(=O)O)no2)c2c1OCCO2. The number of methoxy groups -OCH3 is 1. The van der Waals surface area contributed by atoms with Crippen molar-refractivity contribution in [3.8, 4) is 22.8 Å². The van der Waals surface area contributed by atoms with Crippen LogP contribution >= 0.6 is 0 Å². The van der Waals surface area contributed by atoms with Gasteiger partial charge in [0.15, 0.2) is 23.0 Å². The number of ether oxygens (including phenoxy) is 3. The van der Waals surface area contributed by atoms with Crippen LogP contribution in [-0.4, -0.2) is 36.6 Å². The van der Waals surface area contributed by atoms with Gasteiger partial charge < -0.3 is 23.8 Å². The first-order valence-corrected chi connectivity index (χ1v) is 6.31. The van der Waals surface area contributed by atoms with Crippen LogP contribution in [0.3, 0.4) is 0 Å². The van der Waals surface area contributed by atoms with E-state index in [9.17, 15) is 4.79 Å². The van der Waals surface area contributed by atoms with Crippen molar-refractivity contribution in [2.75, 3.05) is 20.3 Å². The maximum absolute atomic E-state index is 10.9. The minimum absolute atomic E-state index is 0.156. The summed E-state index contributed by atoms with van der Waals surface area (Å²) >= 11 is 0. The highest BCUT2D eigenvalue weighted by atomic mass is 16.6. The molecule has 1 aromatic carbocycles. The molecule has 1 aromatic heterocycles. The molecule has 0 bridgehead atoms. The molecule has 0 fully saturated rings. The third kappa shape index (κ3) is 2.43. The molecule has 7 nitrogen and oxygen atoms in total. The Balaban J connectivity index is 2.07. The summed E-state index contributed by atoms with van der Waals surface area (Å²) < 4.78 is 21.5. The van der Waals surface area contributed by atoms with Crippen LogP contribution in [0.15, 0.2) is 22.7 Å². The molecule has 0 unspecified atom stereocenters. The normalized spacial score (nSPS) is 13.2. The van der Waals surface area contributed by atoms with E-state index in [4.69, 9.17) is 23.8 Å². The molecule has 110 valence electrons. The van der Waals surface area contributed by atoms with E-state index in [1.807, 2.05) is 6.07 Å². The second-order valence-corrected chi connectivity index (χ2v) is 4.44. The molecule has 21 heavy (non-hydrogen) atoms. The summed E-state index contributed by atoms with van der Waals surface area (Å²) in [5.41, 5.74) is 1.30. The van der Waals surface area contributed by atoms with Crippen LogP contribution < -0.4 is 9.47 Å². The molecule has 2 aromatic rings. The smallest absolute Gasteiger partial charge is 0.358 e. The van der Waals surface area contributed by atoms with Crippen LogP contribution in [0.2, 0.25) is 0 Å². The van der Waals surface area contributed by atoms with Crippen molar-refractivity contribution in [3.63, 3.8) is 0 Å². The number of aromatic nitrogens is 1. The predicted molar refractivity (Wildman–Crippen MR) is 70.6 cm³/mol. The van der Waals surface area contributed by atoms with Crippen LogP contribution in [0.5, 0.6) is 11.5 Å². The number of benzene rings is 1. The highest BCUT2D eigenvalue weighted by molar-refractivity contribution is 5.87. The zero-order chi connectivity index (χ0) is 14.8. The van der Waals surface area contributed by atoms with Gasteiger partial charge in [0, 0.05) is 18.7 Å². The predicted octanol–water partition coefficient (Wildman–Crippen LogP) is 1.96. The Morgan fingerprint density at radius 3 is 2.76 bits per heavy atom. The number of hydrogen-bond donors (Lipinski definition) is 1. The van der Waals surface area contributed by atoms with Crippen molar-refractivity contribution in [2.45, 2.75) is 6.61 Å². The van der Waals surface area contributed by atoms with E-state index in [1.54, 1.807) is 13.2 Å². The van der Waals surface area contributed by atoms with Crippen LogP contribution in [-0.2, 0) is 11.3 Å². The van der Waals surface area contributed by atoms with E-state index in [2.05, 4.69) is 5.16 Å². The summed E-state index contributed by atoms with van der Waals surface area (Å²) in [6.45, 7) is 1.25. The van der Waals surface area contributed by atoms with Crippen LogP contribution in [0, 0.1) is 0 Å². The largest absolute Gasteiger partial charge is 0.486 e. The average molecular weight is 291 g/mol. The first-order valence-electron chi connectivity index (χ1n) is 6.31. The monoisotopic (exact) mass is 291 g/mol. The summed E-state index contributed by atoms with van der Waals surface area (Å²) in [5, 5.41) is 12.4. The number of hydrogen-bond acceptors (Lipinski definition) is 6. The summed E-state index contributed by atoms with van der Waals surface area (Å²) in [6, 6.07) is 4.95. The van der Waals surface area contributed by atoms with E-state index in [0.29, 0.717) is 42.6 Å². The van der Waals surface area contributed by atoms with Crippen molar-refractivity contribution < 1.29 is 28.6 Å². The standard InChI is InChI=1S/C14H13NO6/c1-18-7-8-2-3-9(13-12(8)19-4-5-20-13)11-6-10(14(16)17)15-21-11/h2-3,6H,4-5,7H2,1H3,(H,16,17). The molecule has 0 radical (unpaired) electrons. The summed E-state index contributed by atoms with van der Waals surface area (Å²) in [7, 11) is 1.60. The molecule has 0 saturated heterocycles. The van der Waals surface area contributed by atoms with Crippen LogP contribution in [0.4, 0.5) is 0 Å². The Morgan fingerprint density at radius 1 is 1.33 bits per heavy atom. The lowest BCUT2D eigenvalue weighted by molar-refractivity contribution is 0.0686. The van der Waals surface area contributed by atoms with Crippen molar-refractivity contribution in [3.05, 3.63) is 29.5 Å². The van der Waals surface area contributed by atoms with Crippen molar-refractivity contribution in [1.82, 2.24) is 5.16 Å². The highest BCUT2D eigenvalue weighted by Crippen LogP contribution is 2.42. The van der Waals surface area contributed by atoms with Gasteiger partial charge in [0.2, 0.25) is 0 Å². The maximum atomic E-state index is 10.9. The second kappa shape index (κ2) is 5.45. The van der Waals surface area contributed by atoms with E-state index in [0.717, 1.165) is 5.56 Å². The van der Waals surface area contributed by atoms with Gasteiger partial charge >= 0.3 is 5.97 Å². The topological polar surface area (TPSA) is 91.0 Å². The summed E-state index contributed by atoms with van der Waals surface area (Å²) in [6.07, 6.45) is 0. The van der Waals surface area contributed by atoms with E-state index in [1.165, 1.54) is 6.07 Å². The van der Waals surface area contributed by atoms with Crippen molar-refractivity contribution in [2.24, 2.45) is 0 Å². The third-order valence-electron chi connectivity index (χ3n) is 3.06. The zero-order valence-corrected chi connectivity index (χ0v) is 11.3. The molecule has 0 spiro atoms. The van der Waals surface area contributed by atoms with Gasteiger partial charge in [-0.05, 0) is 6.07 Å². The first-order chi connectivity index (χ1) is 10.2. The average Bonchev–Trinajstić information content (AvgIpc) is 2.98. The lowest BCUT2D eigenvalue weighted by Gasteiger charge is -2.22. The Morgan fingerprint density at radius 2 is 2.10 bits per heavy atom. The van der Waals surface area contributed by atoms with Gasteiger partial charge in [-0.15, -0.1) is 0 Å². The fraction of sp³-hybridized carbons (Fsp3) is 0.286. The molecule has 1 N–H and O–H groups in total. The fourth-order valence-electron chi connectivity index (χ4n) is 2.16. The number of carboxylic acid groups (broad SMARTS) is 1. The number of rotatable bonds is 4. The Hall–Kier alpha value is -2.54. The summed E-state index contributed by atoms with van der Waals surface area (Å²) in [4.78, 5) is 10.9. The Kier molecular flexibility index (Phi) is 3.49. The molecule has 0 atom stereocenters. The Bertz CT molecular complexity index is 678. The van der Waals surface area contributed by atoms with Crippen LogP contribution in [0.1, 0.15) is 16.1 Å². The van der Waals surface area contributed by atoms with E-state index in [-0.39, 0.29) is 5.69 Å². The molecule has 1 aliphatic rings. The maximum Gasteiger partial charge on any atom is 0.358 e. The van der Waals surface area contributed by atoms with Gasteiger partial charge in [-0.25, -0.2) is 4.79 Å². The zero-order valence-electron chi connectivity index (χ0n) is 11.3. The van der Waals surface area contributed by atoms with E-state index >= 15 is 0 Å². The molecule has 7 heteroatoms. The lowest BCUT2D eigenvalue weighted by Crippen LogP contribution is -2.17. The molecular weight excluding hydrogens is 278 g/mol. The Labute approximate surface area is 120 Å². The fourth-order valence-corrected chi connectivity index (χ4v) is 2.16. The second-order valence-electron chi connectivity index (χ2n) is 4.44. The van der Waals surface area contributed by atoms with Gasteiger partial charge in [0.1, 0.15) is 13.2 Å². The van der Waals surface area contributed by atoms with Gasteiger partial charge in [-0.2, -0.15) is 0 Å². The van der Waals surface area contributed by atoms with Gasteiger partial charge in [-0.1, -0.05) is 11.2 Å². The minimum Gasteiger partial charge on any atom is -0.486 e. The number of carboxylic acids is 1. The van der Waals surface area contributed by atoms with Gasteiger partial charge in [0.05, 0.1) is 12.2 Å². The van der Waals surface area contributed by atoms with E-state index < -0.39 is 5.97 Å². The van der Waals surface area contributed by atoms with Crippen LogP contribution in [0.25, 0.3) is 11.3 Å². The van der Waals surface area contributed by atoms with Crippen molar-refractivity contribution >= 4 is 5.97 Å². The molecule has 3 rings (SSSR count). The molecule has 2 heterocycles. The molecule has 0 aliphatic carbocycles. The quantitative estimate of drug-likeness (QED) is 0.920. The number of aromatic carboxylic acids is 1. The summed E-state index contributed by atoms with van der Waals surface area (Å²) in [5.74, 6) is 0.280. The van der Waals surface area contributed by atoms with Gasteiger partial charge in [-0.3, -0.25) is 0 Å². The number of nitrogens with zero attached hydrogens (tertiary/aromatic N) is 1. The highest BCUT2D eigenvalue weighted by Gasteiger charge is 2.24. The number of carbonyl (C=O) groups is 1. The molecule has 0 amide bonds. The first kappa shape index (κ1) is 13.4.